The number of alkyl halides is 3. The van der Waals surface area contributed by atoms with E-state index in [-0.39, 0.29) is 24.9 Å². The first-order valence-electron chi connectivity index (χ1n) is 6.93. The van der Waals surface area contributed by atoms with Crippen LogP contribution < -0.4 is 0 Å². The van der Waals surface area contributed by atoms with Gasteiger partial charge in [-0.2, -0.15) is 18.3 Å². The molecule has 120 valence electrons. The van der Waals surface area contributed by atoms with Crippen molar-refractivity contribution in [3.05, 3.63) is 53.3 Å². The molecule has 3 rings (SSSR count). The highest BCUT2D eigenvalue weighted by Crippen LogP contribution is 2.28. The smallest absolute Gasteiger partial charge is 0.274 e. The van der Waals surface area contributed by atoms with Crippen molar-refractivity contribution in [1.82, 2.24) is 14.7 Å². The van der Waals surface area contributed by atoms with Crippen molar-refractivity contribution in [2.24, 2.45) is 0 Å². The topological polar surface area (TPSA) is 55.2 Å². The second-order valence-corrected chi connectivity index (χ2v) is 5.15. The fourth-order valence-electron chi connectivity index (χ4n) is 2.47. The average molecular weight is 323 g/mol. The van der Waals surface area contributed by atoms with E-state index in [0.29, 0.717) is 17.5 Å². The number of aromatic nitrogens is 2. The van der Waals surface area contributed by atoms with Crippen LogP contribution in [0.3, 0.4) is 0 Å². The third-order valence-electron chi connectivity index (χ3n) is 3.61. The molecule has 1 aromatic carbocycles. The van der Waals surface area contributed by atoms with Crippen molar-refractivity contribution in [2.75, 3.05) is 6.54 Å². The molecule has 0 fully saturated rings. The van der Waals surface area contributed by atoms with Crippen LogP contribution in [0, 0.1) is 0 Å². The van der Waals surface area contributed by atoms with Crippen molar-refractivity contribution >= 4 is 11.8 Å². The zero-order valence-corrected chi connectivity index (χ0v) is 11.9. The molecule has 2 amide bonds. The van der Waals surface area contributed by atoms with Crippen LogP contribution in [0.2, 0.25) is 0 Å². The summed E-state index contributed by atoms with van der Waals surface area (Å²) in [6.07, 6.45) is -2.45. The van der Waals surface area contributed by atoms with Gasteiger partial charge >= 0.3 is 6.18 Å². The first-order chi connectivity index (χ1) is 10.9. The lowest BCUT2D eigenvalue weighted by Gasteiger charge is -2.13. The maximum absolute atomic E-state index is 12.5. The predicted molar refractivity (Wildman–Crippen MR) is 73.7 cm³/mol. The molecule has 0 saturated carbocycles. The molecular weight excluding hydrogens is 311 g/mol. The quantitative estimate of drug-likeness (QED) is 0.813. The lowest BCUT2D eigenvalue weighted by Crippen LogP contribution is -2.31. The highest BCUT2D eigenvalue weighted by Gasteiger charge is 2.35. The number of carbonyl (C=O) groups is 2. The third-order valence-corrected chi connectivity index (χ3v) is 3.61. The van der Waals surface area contributed by atoms with Crippen molar-refractivity contribution in [1.29, 1.82) is 0 Å². The van der Waals surface area contributed by atoms with Crippen LogP contribution in [-0.2, 0) is 12.7 Å². The Morgan fingerprint density at radius 1 is 1.00 bits per heavy atom. The summed E-state index contributed by atoms with van der Waals surface area (Å²) >= 11 is 0. The van der Waals surface area contributed by atoms with Gasteiger partial charge in [0.05, 0.1) is 22.9 Å². The van der Waals surface area contributed by atoms with Gasteiger partial charge in [0.1, 0.15) is 0 Å². The number of amides is 2. The molecule has 0 saturated heterocycles. The first-order valence-corrected chi connectivity index (χ1v) is 6.93. The van der Waals surface area contributed by atoms with E-state index in [1.807, 2.05) is 0 Å². The van der Waals surface area contributed by atoms with E-state index in [1.165, 1.54) is 0 Å². The summed E-state index contributed by atoms with van der Waals surface area (Å²) in [6, 6.07) is 6.52. The van der Waals surface area contributed by atoms with E-state index >= 15 is 0 Å². The molecule has 0 bridgehead atoms. The molecule has 0 N–H and O–H groups in total. The highest BCUT2D eigenvalue weighted by molar-refractivity contribution is 6.21. The average Bonchev–Trinajstić information content (AvgIpc) is 3.07. The zero-order chi connectivity index (χ0) is 16.6. The number of rotatable bonds is 4. The molecule has 0 atom stereocenters. The Balaban J connectivity index is 1.61. The molecule has 1 aromatic heterocycles. The molecule has 2 heterocycles. The largest absolute Gasteiger partial charge is 0.419 e. The molecule has 0 aliphatic carbocycles. The van der Waals surface area contributed by atoms with Crippen molar-refractivity contribution < 1.29 is 22.8 Å². The van der Waals surface area contributed by atoms with Crippen LogP contribution >= 0.6 is 0 Å². The lowest BCUT2D eigenvalue weighted by molar-refractivity contribution is -0.137. The normalized spacial score (nSPS) is 14.5. The standard InChI is InChI=1S/C15H12F3N3O2/c16-15(17,18)10-8-19-20(9-10)6-3-7-21-13(22)11-4-1-2-5-12(11)14(21)23/h1-2,4-5,8-9H,3,6-7H2. The number of imide groups is 1. The fraction of sp³-hybridized carbons (Fsp3) is 0.267. The number of nitrogens with zero attached hydrogens (tertiary/aromatic N) is 3. The molecule has 1 aliphatic rings. The number of aryl methyl sites for hydroxylation is 1. The Hall–Kier alpha value is -2.64. The predicted octanol–water partition coefficient (Wildman–Crippen LogP) is 2.59. The maximum atomic E-state index is 12.5. The summed E-state index contributed by atoms with van der Waals surface area (Å²) < 4.78 is 38.6. The van der Waals surface area contributed by atoms with Crippen molar-refractivity contribution in [3.63, 3.8) is 0 Å². The minimum atomic E-state index is -4.43. The zero-order valence-electron chi connectivity index (χ0n) is 11.9. The van der Waals surface area contributed by atoms with Crippen LogP contribution in [0.15, 0.2) is 36.7 Å². The number of benzene rings is 1. The monoisotopic (exact) mass is 323 g/mol. The summed E-state index contributed by atoms with van der Waals surface area (Å²) in [7, 11) is 0. The van der Waals surface area contributed by atoms with E-state index in [2.05, 4.69) is 5.10 Å². The lowest BCUT2D eigenvalue weighted by atomic mass is 10.1. The van der Waals surface area contributed by atoms with Gasteiger partial charge in [0, 0.05) is 19.3 Å². The molecule has 23 heavy (non-hydrogen) atoms. The minimum absolute atomic E-state index is 0.132. The summed E-state index contributed by atoms with van der Waals surface area (Å²) in [6.45, 7) is 0.317. The number of halogens is 3. The van der Waals surface area contributed by atoms with E-state index in [4.69, 9.17) is 0 Å². The van der Waals surface area contributed by atoms with E-state index in [1.54, 1.807) is 24.3 Å². The summed E-state index contributed by atoms with van der Waals surface area (Å²) in [4.78, 5) is 25.3. The number of fused-ring (bicyclic) bond motifs is 1. The number of carbonyl (C=O) groups excluding carboxylic acids is 2. The van der Waals surface area contributed by atoms with Crippen molar-refractivity contribution in [3.8, 4) is 0 Å². The molecule has 0 spiro atoms. The third kappa shape index (κ3) is 2.84. The second kappa shape index (κ2) is 5.53. The maximum Gasteiger partial charge on any atom is 0.419 e. The molecule has 0 radical (unpaired) electrons. The Labute approximate surface area is 129 Å². The van der Waals surface area contributed by atoms with Gasteiger partial charge in [-0.3, -0.25) is 19.2 Å². The summed E-state index contributed by atoms with van der Waals surface area (Å²) in [5.74, 6) is -0.746. The number of hydrogen-bond acceptors (Lipinski definition) is 3. The van der Waals surface area contributed by atoms with Gasteiger partial charge in [-0.25, -0.2) is 0 Å². The van der Waals surface area contributed by atoms with Crippen LogP contribution in [0.5, 0.6) is 0 Å². The SMILES string of the molecule is O=C1c2ccccc2C(=O)N1CCCn1cc(C(F)(F)F)cn1. The van der Waals surface area contributed by atoms with Gasteiger partial charge < -0.3 is 0 Å². The van der Waals surface area contributed by atoms with Gasteiger partial charge in [-0.15, -0.1) is 0 Å². The molecule has 2 aromatic rings. The Kier molecular flexibility index (Phi) is 3.67. The molecule has 1 aliphatic heterocycles. The van der Waals surface area contributed by atoms with E-state index < -0.39 is 11.7 Å². The van der Waals surface area contributed by atoms with Crippen LogP contribution in [-0.4, -0.2) is 33.0 Å². The molecule has 8 heteroatoms. The Bertz CT molecular complexity index is 732. The fourth-order valence-corrected chi connectivity index (χ4v) is 2.47. The van der Waals surface area contributed by atoms with Crippen LogP contribution in [0.25, 0.3) is 0 Å². The van der Waals surface area contributed by atoms with E-state index in [0.717, 1.165) is 22.0 Å². The van der Waals surface area contributed by atoms with E-state index in [9.17, 15) is 22.8 Å². The van der Waals surface area contributed by atoms with Crippen LogP contribution in [0.4, 0.5) is 13.2 Å². The Morgan fingerprint density at radius 2 is 1.61 bits per heavy atom. The first kappa shape index (κ1) is 15.3. The minimum Gasteiger partial charge on any atom is -0.274 e. The van der Waals surface area contributed by atoms with Gasteiger partial charge in [-0.1, -0.05) is 12.1 Å². The summed E-state index contributed by atoms with van der Waals surface area (Å²) in [5.41, 5.74) is -0.106. The van der Waals surface area contributed by atoms with Crippen LogP contribution in [0.1, 0.15) is 32.7 Å². The Morgan fingerprint density at radius 3 is 2.13 bits per heavy atom. The van der Waals surface area contributed by atoms with Crippen molar-refractivity contribution in [2.45, 2.75) is 19.1 Å². The number of hydrogen-bond donors (Lipinski definition) is 0. The second-order valence-electron chi connectivity index (χ2n) is 5.15. The van der Waals surface area contributed by atoms with Gasteiger partial charge in [-0.05, 0) is 18.6 Å². The van der Waals surface area contributed by atoms with Gasteiger partial charge in [0.15, 0.2) is 0 Å². The molecule has 5 nitrogen and oxygen atoms in total. The highest BCUT2D eigenvalue weighted by atomic mass is 19.4. The molecule has 0 unspecified atom stereocenters. The van der Waals surface area contributed by atoms with Gasteiger partial charge in [0.25, 0.3) is 11.8 Å². The van der Waals surface area contributed by atoms with Gasteiger partial charge in [0.2, 0.25) is 0 Å². The molecular formula is C15H12F3N3O2. The summed E-state index contributed by atoms with van der Waals surface area (Å²) in [5, 5.41) is 3.63.